The number of nitrogen functional groups attached to an aromatic ring is 1. The van der Waals surface area contributed by atoms with Gasteiger partial charge in [0.15, 0.2) is 0 Å². The maximum Gasteiger partial charge on any atom is 0.237 e. The fourth-order valence-corrected chi connectivity index (χ4v) is 7.08. The second-order valence-corrected chi connectivity index (χ2v) is 12.8. The van der Waals surface area contributed by atoms with Crippen LogP contribution in [0.15, 0.2) is 54.7 Å². The third-order valence-corrected chi connectivity index (χ3v) is 9.36. The number of sulfonamides is 1. The molecule has 6 rings (SSSR count). The number of aryl methyl sites for hydroxylation is 1. The van der Waals surface area contributed by atoms with Crippen molar-refractivity contribution in [3.05, 3.63) is 76.7 Å². The molecule has 0 spiro atoms. The van der Waals surface area contributed by atoms with E-state index in [1.165, 1.54) is 17.7 Å². The first-order chi connectivity index (χ1) is 20.2. The highest BCUT2D eigenvalue weighted by molar-refractivity contribution is 7.91. The lowest BCUT2D eigenvalue weighted by molar-refractivity contribution is -0.0103. The molecule has 1 aliphatic carbocycles. The number of aromatic nitrogens is 3. The van der Waals surface area contributed by atoms with Gasteiger partial charge in [-0.3, -0.25) is 9.40 Å². The largest absolute Gasteiger partial charge is 0.383 e. The van der Waals surface area contributed by atoms with Gasteiger partial charge in [-0.2, -0.15) is 5.10 Å². The van der Waals surface area contributed by atoms with Gasteiger partial charge in [-0.15, -0.1) is 0 Å². The van der Waals surface area contributed by atoms with Gasteiger partial charge < -0.3 is 15.8 Å². The number of nitrogens with one attached hydrogen (secondary N) is 2. The summed E-state index contributed by atoms with van der Waals surface area (Å²) in [6.07, 6.45) is 6.84. The van der Waals surface area contributed by atoms with E-state index in [2.05, 4.69) is 21.1 Å². The van der Waals surface area contributed by atoms with Crippen molar-refractivity contribution in [3.8, 4) is 11.3 Å². The van der Waals surface area contributed by atoms with Crippen LogP contribution in [-0.2, 0) is 27.1 Å². The fourth-order valence-electron chi connectivity index (χ4n) is 5.57. The third-order valence-electron chi connectivity index (χ3n) is 7.77. The van der Waals surface area contributed by atoms with Gasteiger partial charge in [0.2, 0.25) is 10.0 Å². The molecule has 4 aromatic rings. The highest BCUT2D eigenvalue weighted by atomic mass is 35.5. The maximum atomic E-state index is 15.3. The summed E-state index contributed by atoms with van der Waals surface area (Å²) < 4.78 is 50.4. The molecule has 2 aliphatic rings. The lowest BCUT2D eigenvalue weighted by Gasteiger charge is -2.33. The number of hydrogen-bond donors (Lipinski definition) is 3. The summed E-state index contributed by atoms with van der Waals surface area (Å²) in [4.78, 5) is 4.50. The Hall–Kier alpha value is -3.51. The van der Waals surface area contributed by atoms with Crippen molar-refractivity contribution in [2.75, 3.05) is 23.7 Å². The van der Waals surface area contributed by atoms with Crippen LogP contribution in [0.1, 0.15) is 37.3 Å². The minimum Gasteiger partial charge on any atom is -0.383 e. The van der Waals surface area contributed by atoms with Crippen molar-refractivity contribution < 1.29 is 17.5 Å². The highest BCUT2D eigenvalue weighted by Gasteiger charge is 2.26. The number of halogens is 2. The van der Waals surface area contributed by atoms with Gasteiger partial charge in [-0.1, -0.05) is 41.9 Å². The molecule has 0 saturated carbocycles. The molecule has 42 heavy (non-hydrogen) atoms. The highest BCUT2D eigenvalue weighted by Crippen LogP contribution is 2.39. The number of fused-ring (bicyclic) bond motifs is 1. The Morgan fingerprint density at radius 1 is 1.19 bits per heavy atom. The van der Waals surface area contributed by atoms with E-state index in [0.29, 0.717) is 51.7 Å². The van der Waals surface area contributed by atoms with Gasteiger partial charge in [0.05, 0.1) is 41.6 Å². The average molecular weight is 611 g/mol. The Labute approximate surface area is 249 Å². The van der Waals surface area contributed by atoms with Gasteiger partial charge in [0.1, 0.15) is 17.3 Å². The Kier molecular flexibility index (Phi) is 7.93. The molecular formula is C30H32ClFN6O3S. The van der Waals surface area contributed by atoms with Gasteiger partial charge in [0.25, 0.3) is 0 Å². The van der Waals surface area contributed by atoms with E-state index >= 15 is 4.39 Å². The molecule has 1 saturated heterocycles. The second kappa shape index (κ2) is 11.6. The number of pyridine rings is 1. The molecule has 1 fully saturated rings. The van der Waals surface area contributed by atoms with E-state index < -0.39 is 15.8 Å². The summed E-state index contributed by atoms with van der Waals surface area (Å²) in [5.74, 6) is -0.816. The Morgan fingerprint density at radius 3 is 2.67 bits per heavy atom. The smallest absolute Gasteiger partial charge is 0.237 e. The van der Waals surface area contributed by atoms with E-state index in [9.17, 15) is 8.42 Å². The first-order valence-corrected chi connectivity index (χ1v) is 16.0. The molecular weight excluding hydrogens is 579 g/mol. The monoisotopic (exact) mass is 610 g/mol. The van der Waals surface area contributed by atoms with Gasteiger partial charge in [0, 0.05) is 34.9 Å². The zero-order valence-corrected chi connectivity index (χ0v) is 24.7. The van der Waals surface area contributed by atoms with E-state index in [0.717, 1.165) is 43.6 Å². The lowest BCUT2D eigenvalue weighted by atomic mass is 9.89. The molecule has 9 nitrogen and oxygen atoms in total. The molecule has 220 valence electrons. The minimum atomic E-state index is -3.92. The van der Waals surface area contributed by atoms with Gasteiger partial charge >= 0.3 is 0 Å². The second-order valence-electron chi connectivity index (χ2n) is 10.7. The van der Waals surface area contributed by atoms with E-state index in [-0.39, 0.29) is 11.4 Å². The molecule has 0 radical (unpaired) electrons. The van der Waals surface area contributed by atoms with Crippen LogP contribution in [-0.4, -0.2) is 48.5 Å². The molecule has 3 heterocycles. The molecule has 1 unspecified atom stereocenters. The van der Waals surface area contributed by atoms with Gasteiger partial charge in [-0.25, -0.2) is 17.8 Å². The number of nitrogens with two attached hydrogens (primary N) is 1. The van der Waals surface area contributed by atoms with Crippen molar-refractivity contribution in [3.63, 3.8) is 0 Å². The van der Waals surface area contributed by atoms with Crippen molar-refractivity contribution in [2.45, 2.75) is 50.6 Å². The first-order valence-electron chi connectivity index (χ1n) is 13.9. The molecule has 4 N–H and O–H groups in total. The normalized spacial score (nSPS) is 17.7. The van der Waals surface area contributed by atoms with Crippen LogP contribution >= 0.6 is 11.6 Å². The topological polar surface area (TPSA) is 124 Å². The molecule has 12 heteroatoms. The number of rotatable bonds is 9. The molecule has 2 aromatic heterocycles. The maximum absolute atomic E-state index is 15.3. The quantitative estimate of drug-likeness (QED) is 0.233. The van der Waals surface area contributed by atoms with Crippen LogP contribution in [0.2, 0.25) is 5.02 Å². The summed E-state index contributed by atoms with van der Waals surface area (Å²) in [7, 11) is -3.92. The SMILES string of the molecule is CCn1nc(-c2ccc(NS(=O)(=O)Cc3ccccc3Cl)c(F)c2)c2c(N)ncc(C3=CCC(NC4COC4)CC3)c21. The fraction of sp³-hybridized carbons (Fsp3) is 0.333. The number of allylic oxidation sites excluding steroid dienone is 1. The minimum absolute atomic E-state index is 0.166. The number of anilines is 2. The van der Waals surface area contributed by atoms with Crippen LogP contribution in [0.25, 0.3) is 27.7 Å². The predicted octanol–water partition coefficient (Wildman–Crippen LogP) is 5.36. The molecule has 1 aliphatic heterocycles. The van der Waals surface area contributed by atoms with Crippen molar-refractivity contribution in [1.29, 1.82) is 0 Å². The number of nitrogens with zero attached hydrogens (tertiary/aromatic N) is 3. The lowest BCUT2D eigenvalue weighted by Crippen LogP contribution is -2.50. The Bertz CT molecular complexity index is 1790. The zero-order chi connectivity index (χ0) is 29.4. The van der Waals surface area contributed by atoms with Gasteiger partial charge in [-0.05, 0) is 55.5 Å². The standard InChI is InChI=1S/C30H32ClFN6O3S/c1-2-38-29-23(18-7-10-21(11-8-18)35-22-15-41-16-22)14-34-30(33)27(29)28(36-38)19-9-12-26(25(32)13-19)37-42(39,40)17-20-5-3-4-6-24(20)31/h3-7,9,12-14,21-22,35,37H,2,8,10-11,15-17H2,1H3,(H2,33,34). The van der Waals surface area contributed by atoms with Crippen molar-refractivity contribution in [1.82, 2.24) is 20.1 Å². The van der Waals surface area contributed by atoms with Crippen LogP contribution in [0.4, 0.5) is 15.9 Å². The number of benzene rings is 2. The number of hydrogen-bond acceptors (Lipinski definition) is 7. The number of ether oxygens (including phenoxy) is 1. The van der Waals surface area contributed by atoms with Crippen LogP contribution in [0.3, 0.4) is 0 Å². The predicted molar refractivity (Wildman–Crippen MR) is 164 cm³/mol. The van der Waals surface area contributed by atoms with Crippen molar-refractivity contribution >= 4 is 49.6 Å². The third kappa shape index (κ3) is 5.74. The molecule has 2 aromatic carbocycles. The van der Waals surface area contributed by atoms with Crippen molar-refractivity contribution in [2.24, 2.45) is 0 Å². The summed E-state index contributed by atoms with van der Waals surface area (Å²) in [6, 6.07) is 11.8. The summed E-state index contributed by atoms with van der Waals surface area (Å²) in [5.41, 5.74) is 10.6. The molecule has 1 atom stereocenters. The first kappa shape index (κ1) is 28.6. The molecule has 0 amide bonds. The summed E-state index contributed by atoms with van der Waals surface area (Å²) in [5, 5.41) is 9.43. The van der Waals surface area contributed by atoms with E-state index in [4.69, 9.17) is 27.2 Å². The summed E-state index contributed by atoms with van der Waals surface area (Å²) in [6.45, 7) is 4.10. The van der Waals surface area contributed by atoms with Crippen LogP contribution in [0.5, 0.6) is 0 Å². The zero-order valence-electron chi connectivity index (χ0n) is 23.1. The average Bonchev–Trinajstić information content (AvgIpc) is 3.34. The van der Waals surface area contributed by atoms with E-state index in [1.54, 1.807) is 36.5 Å². The summed E-state index contributed by atoms with van der Waals surface area (Å²) >= 11 is 6.12. The Morgan fingerprint density at radius 2 is 2.00 bits per heavy atom. The Balaban J connectivity index is 1.30. The van der Waals surface area contributed by atoms with Crippen LogP contribution < -0.4 is 15.8 Å². The van der Waals surface area contributed by atoms with E-state index in [1.807, 2.05) is 11.6 Å². The van der Waals surface area contributed by atoms with Crippen LogP contribution in [0, 0.1) is 5.82 Å². The molecule has 0 bridgehead atoms.